The van der Waals surface area contributed by atoms with Crippen LogP contribution >= 0.6 is 0 Å². The number of fused-ring (bicyclic) bond motifs is 1. The molecule has 130 valence electrons. The maximum absolute atomic E-state index is 12.9. The van der Waals surface area contributed by atoms with Gasteiger partial charge in [0.25, 0.3) is 0 Å². The number of aliphatic hydroxyl groups excluding tert-OH is 1. The predicted molar refractivity (Wildman–Crippen MR) is 93.3 cm³/mol. The average Bonchev–Trinajstić information content (AvgIpc) is 3.03. The van der Waals surface area contributed by atoms with E-state index < -0.39 is 12.1 Å². The number of hydrogen-bond acceptors (Lipinski definition) is 3. The van der Waals surface area contributed by atoms with Crippen molar-refractivity contribution in [3.05, 3.63) is 66.2 Å². The number of carbonyl (C=O) groups excluding carboxylic acids is 1. The van der Waals surface area contributed by atoms with E-state index in [1.165, 1.54) is 24.3 Å². The summed E-state index contributed by atoms with van der Waals surface area (Å²) in [5.74, 6) is -0.522. The van der Waals surface area contributed by atoms with Gasteiger partial charge in [-0.25, -0.2) is 9.37 Å². The average molecular weight is 341 g/mol. The van der Waals surface area contributed by atoms with Gasteiger partial charge in [0.05, 0.1) is 29.5 Å². The van der Waals surface area contributed by atoms with E-state index in [1.54, 1.807) is 13.3 Å². The number of nitrogens with zero attached hydrogens (tertiary/aromatic N) is 2. The van der Waals surface area contributed by atoms with Crippen molar-refractivity contribution in [1.29, 1.82) is 0 Å². The lowest BCUT2D eigenvalue weighted by atomic mass is 10.0. The van der Waals surface area contributed by atoms with E-state index in [0.29, 0.717) is 12.1 Å². The Bertz CT molecular complexity index is 860. The largest absolute Gasteiger partial charge is 0.386 e. The Morgan fingerprint density at radius 1 is 1.24 bits per heavy atom. The zero-order valence-corrected chi connectivity index (χ0v) is 13.9. The van der Waals surface area contributed by atoms with Gasteiger partial charge in [0.1, 0.15) is 5.82 Å². The minimum Gasteiger partial charge on any atom is -0.386 e. The van der Waals surface area contributed by atoms with Crippen molar-refractivity contribution in [3.63, 3.8) is 0 Å². The molecule has 0 saturated heterocycles. The van der Waals surface area contributed by atoms with E-state index >= 15 is 0 Å². The van der Waals surface area contributed by atoms with Crippen molar-refractivity contribution < 1.29 is 14.3 Å². The Morgan fingerprint density at radius 2 is 1.96 bits per heavy atom. The van der Waals surface area contributed by atoms with Crippen LogP contribution in [0.1, 0.15) is 25.0 Å². The Balaban J connectivity index is 1.55. The number of nitrogens with one attached hydrogen (secondary N) is 1. The molecule has 3 rings (SSSR count). The van der Waals surface area contributed by atoms with Crippen molar-refractivity contribution in [1.82, 2.24) is 14.9 Å². The van der Waals surface area contributed by atoms with Crippen molar-refractivity contribution >= 4 is 16.9 Å². The van der Waals surface area contributed by atoms with Crippen LogP contribution in [0.5, 0.6) is 0 Å². The number of aryl methyl sites for hydroxylation is 1. The monoisotopic (exact) mass is 341 g/mol. The number of imidazole rings is 1. The summed E-state index contributed by atoms with van der Waals surface area (Å²) in [5, 5.41) is 13.1. The summed E-state index contributed by atoms with van der Waals surface area (Å²) in [4.78, 5) is 16.5. The van der Waals surface area contributed by atoms with Crippen molar-refractivity contribution in [2.45, 2.75) is 32.0 Å². The number of benzene rings is 2. The van der Waals surface area contributed by atoms with Gasteiger partial charge in [-0.15, -0.1) is 0 Å². The summed E-state index contributed by atoms with van der Waals surface area (Å²) in [6, 6.07) is 12.9. The fraction of sp³-hybridized carbons (Fsp3) is 0.263. The molecule has 25 heavy (non-hydrogen) atoms. The molecular formula is C19H20FN3O2. The molecule has 0 aliphatic rings. The van der Waals surface area contributed by atoms with E-state index in [1.807, 2.05) is 28.8 Å². The molecule has 0 fully saturated rings. The number of para-hydroxylation sites is 2. The molecule has 0 radical (unpaired) electrons. The maximum Gasteiger partial charge on any atom is 0.222 e. The molecule has 5 nitrogen and oxygen atoms in total. The van der Waals surface area contributed by atoms with Gasteiger partial charge >= 0.3 is 0 Å². The van der Waals surface area contributed by atoms with E-state index in [9.17, 15) is 14.3 Å². The number of halogens is 1. The van der Waals surface area contributed by atoms with Gasteiger partial charge in [-0.2, -0.15) is 0 Å². The van der Waals surface area contributed by atoms with E-state index in [2.05, 4.69) is 10.3 Å². The molecular weight excluding hydrogens is 321 g/mol. The Labute approximate surface area is 145 Å². The molecule has 0 aliphatic carbocycles. The van der Waals surface area contributed by atoms with Gasteiger partial charge in [-0.3, -0.25) is 4.79 Å². The summed E-state index contributed by atoms with van der Waals surface area (Å²) >= 11 is 0. The van der Waals surface area contributed by atoms with Crippen LogP contribution in [0, 0.1) is 5.82 Å². The number of aliphatic hydroxyl groups is 1. The second kappa shape index (κ2) is 7.44. The Kier molecular flexibility index (Phi) is 5.09. The topological polar surface area (TPSA) is 67.2 Å². The number of amides is 1. The summed E-state index contributed by atoms with van der Waals surface area (Å²) in [6.07, 6.45) is 1.11. The Morgan fingerprint density at radius 3 is 2.72 bits per heavy atom. The molecule has 1 amide bonds. The predicted octanol–water partition coefficient (Wildman–Crippen LogP) is 2.80. The van der Waals surface area contributed by atoms with Crippen LogP contribution in [0.15, 0.2) is 54.9 Å². The number of aromatic nitrogens is 2. The first-order valence-electron chi connectivity index (χ1n) is 8.17. The smallest absolute Gasteiger partial charge is 0.222 e. The van der Waals surface area contributed by atoms with Gasteiger partial charge in [-0.1, -0.05) is 24.3 Å². The molecule has 2 aromatic carbocycles. The van der Waals surface area contributed by atoms with E-state index in [4.69, 9.17) is 0 Å². The molecule has 0 spiro atoms. The highest BCUT2D eigenvalue weighted by Gasteiger charge is 2.18. The van der Waals surface area contributed by atoms with Gasteiger partial charge in [0, 0.05) is 13.0 Å². The van der Waals surface area contributed by atoms with E-state index in [-0.39, 0.29) is 18.1 Å². The lowest BCUT2D eigenvalue weighted by Gasteiger charge is -2.20. The summed E-state index contributed by atoms with van der Waals surface area (Å²) in [5.41, 5.74) is 2.44. The van der Waals surface area contributed by atoms with Crippen LogP contribution in [-0.2, 0) is 11.3 Å². The van der Waals surface area contributed by atoms with Crippen LogP contribution < -0.4 is 5.32 Å². The normalized spacial score (nSPS) is 13.6. The van der Waals surface area contributed by atoms with Crippen LogP contribution in [0.3, 0.4) is 0 Å². The molecule has 3 aromatic rings. The molecule has 0 aliphatic heterocycles. The molecule has 1 heterocycles. The third-order valence-electron chi connectivity index (χ3n) is 4.18. The van der Waals surface area contributed by atoms with Crippen LogP contribution in [-0.4, -0.2) is 26.6 Å². The van der Waals surface area contributed by atoms with Crippen molar-refractivity contribution in [3.8, 4) is 0 Å². The lowest BCUT2D eigenvalue weighted by molar-refractivity contribution is -0.122. The fourth-order valence-corrected chi connectivity index (χ4v) is 2.76. The van der Waals surface area contributed by atoms with Gasteiger partial charge in [-0.05, 0) is 36.8 Å². The highest BCUT2D eigenvalue weighted by molar-refractivity contribution is 5.77. The molecule has 2 N–H and O–H groups in total. The van der Waals surface area contributed by atoms with Crippen LogP contribution in [0.2, 0.25) is 0 Å². The minimum absolute atomic E-state index is 0.161. The zero-order chi connectivity index (χ0) is 17.8. The zero-order valence-electron chi connectivity index (χ0n) is 13.9. The van der Waals surface area contributed by atoms with Crippen LogP contribution in [0.4, 0.5) is 4.39 Å². The number of rotatable bonds is 6. The summed E-state index contributed by atoms with van der Waals surface area (Å²) in [7, 11) is 0. The highest BCUT2D eigenvalue weighted by atomic mass is 19.1. The minimum atomic E-state index is -0.890. The maximum atomic E-state index is 12.9. The fourth-order valence-electron chi connectivity index (χ4n) is 2.76. The molecule has 0 saturated carbocycles. The van der Waals surface area contributed by atoms with Gasteiger partial charge in [0.2, 0.25) is 5.91 Å². The second-order valence-corrected chi connectivity index (χ2v) is 6.03. The van der Waals surface area contributed by atoms with Crippen molar-refractivity contribution in [2.75, 3.05) is 0 Å². The standard InChI is InChI=1S/C19H20FN3O2/c1-13(19(25)14-6-8-15(20)9-7-14)22-18(24)10-11-23-12-21-16-4-2-3-5-17(16)23/h2-9,12-13,19,25H,10-11H2,1H3,(H,22,24). The molecule has 0 bridgehead atoms. The van der Waals surface area contributed by atoms with Gasteiger partial charge in [0.15, 0.2) is 0 Å². The SMILES string of the molecule is CC(NC(=O)CCn1cnc2ccccc21)C(O)c1ccc(F)cc1. The second-order valence-electron chi connectivity index (χ2n) is 6.03. The van der Waals surface area contributed by atoms with Crippen LogP contribution in [0.25, 0.3) is 11.0 Å². The quantitative estimate of drug-likeness (QED) is 0.724. The third-order valence-corrected chi connectivity index (χ3v) is 4.18. The number of carbonyl (C=O) groups is 1. The highest BCUT2D eigenvalue weighted by Crippen LogP contribution is 2.17. The van der Waals surface area contributed by atoms with E-state index in [0.717, 1.165) is 11.0 Å². The molecule has 1 aromatic heterocycles. The molecule has 6 heteroatoms. The van der Waals surface area contributed by atoms with Gasteiger partial charge < -0.3 is 15.0 Å². The summed E-state index contributed by atoms with van der Waals surface area (Å²) in [6.45, 7) is 2.23. The lowest BCUT2D eigenvalue weighted by Crippen LogP contribution is -2.37. The Hall–Kier alpha value is -2.73. The molecule has 2 atom stereocenters. The first-order valence-corrected chi connectivity index (χ1v) is 8.17. The third kappa shape index (κ3) is 4.03. The first kappa shape index (κ1) is 17.1. The number of hydrogen-bond donors (Lipinski definition) is 2. The summed E-state index contributed by atoms with van der Waals surface area (Å²) < 4.78 is 14.9. The van der Waals surface area contributed by atoms with Crippen molar-refractivity contribution in [2.24, 2.45) is 0 Å². The first-order chi connectivity index (χ1) is 12.0. The molecule has 2 unspecified atom stereocenters.